The second-order valence-electron chi connectivity index (χ2n) is 5.33. The first-order chi connectivity index (χ1) is 11.5. The zero-order chi connectivity index (χ0) is 17.3. The molecule has 2 aromatic heterocycles. The standard InChI is InChI=1S/C14H16N8O2/c1-20(2)14(24)16-11-7-21(19-17-11)8-12(23)22-10-6-4-3-5-9(10)13(15)18-22/h3-7H,8H2,1-2H3,(H2,15,18)(H,16,24). The monoisotopic (exact) mass is 328 g/mol. The van der Waals surface area contributed by atoms with Gasteiger partial charge in [-0.3, -0.25) is 10.1 Å². The quantitative estimate of drug-likeness (QED) is 0.727. The lowest BCUT2D eigenvalue weighted by Gasteiger charge is -2.08. The molecule has 2 heterocycles. The molecular formula is C14H16N8O2. The topological polar surface area (TPSA) is 124 Å². The smallest absolute Gasteiger partial charge is 0.322 e. The number of nitrogen functional groups attached to an aromatic ring is 1. The largest absolute Gasteiger partial charge is 0.382 e. The minimum atomic E-state index is -0.334. The number of hydrogen-bond donors (Lipinski definition) is 2. The molecule has 124 valence electrons. The first-order valence-corrected chi connectivity index (χ1v) is 7.10. The average Bonchev–Trinajstić information content (AvgIpc) is 3.12. The van der Waals surface area contributed by atoms with Gasteiger partial charge in [0, 0.05) is 19.5 Å². The van der Waals surface area contributed by atoms with E-state index in [4.69, 9.17) is 5.73 Å². The minimum absolute atomic E-state index is 0.0874. The number of carbonyl (C=O) groups is 2. The van der Waals surface area contributed by atoms with Gasteiger partial charge in [-0.1, -0.05) is 17.3 Å². The van der Waals surface area contributed by atoms with Crippen LogP contribution in [-0.4, -0.2) is 55.7 Å². The number of urea groups is 1. The van der Waals surface area contributed by atoms with Crippen molar-refractivity contribution < 1.29 is 9.59 Å². The van der Waals surface area contributed by atoms with Crippen LogP contribution in [0.1, 0.15) is 4.79 Å². The molecule has 3 aromatic rings. The van der Waals surface area contributed by atoms with E-state index in [-0.39, 0.29) is 30.1 Å². The molecule has 0 saturated carbocycles. The van der Waals surface area contributed by atoms with Crippen molar-refractivity contribution in [1.82, 2.24) is 29.7 Å². The maximum Gasteiger partial charge on any atom is 0.322 e. The number of para-hydroxylation sites is 1. The Morgan fingerprint density at radius 3 is 2.79 bits per heavy atom. The molecule has 2 amide bonds. The van der Waals surface area contributed by atoms with Crippen LogP contribution in [-0.2, 0) is 6.54 Å². The molecule has 24 heavy (non-hydrogen) atoms. The Kier molecular flexibility index (Phi) is 3.86. The van der Waals surface area contributed by atoms with Crippen molar-refractivity contribution in [3.8, 4) is 0 Å². The Hall–Kier alpha value is -3.43. The summed E-state index contributed by atoms with van der Waals surface area (Å²) in [4.78, 5) is 25.4. The molecule has 0 bridgehead atoms. The van der Waals surface area contributed by atoms with Crippen molar-refractivity contribution in [3.63, 3.8) is 0 Å². The fraction of sp³-hybridized carbons (Fsp3) is 0.214. The third-order valence-corrected chi connectivity index (χ3v) is 3.33. The molecule has 3 N–H and O–H groups in total. The normalized spacial score (nSPS) is 10.8. The molecule has 0 radical (unpaired) electrons. The summed E-state index contributed by atoms with van der Waals surface area (Å²) in [5.41, 5.74) is 6.45. The van der Waals surface area contributed by atoms with Crippen LogP contribution in [0.25, 0.3) is 10.9 Å². The van der Waals surface area contributed by atoms with Crippen molar-refractivity contribution in [1.29, 1.82) is 0 Å². The summed E-state index contributed by atoms with van der Waals surface area (Å²) >= 11 is 0. The highest BCUT2D eigenvalue weighted by atomic mass is 16.2. The van der Waals surface area contributed by atoms with Gasteiger partial charge in [-0.15, -0.1) is 10.2 Å². The predicted octanol–water partition coefficient (Wildman–Crippen LogP) is 0.644. The summed E-state index contributed by atoms with van der Waals surface area (Å²) in [5.74, 6) is 0.223. The lowest BCUT2D eigenvalue weighted by atomic mass is 10.2. The summed E-state index contributed by atoms with van der Waals surface area (Å²) in [6.45, 7) is -0.0874. The lowest BCUT2D eigenvalue weighted by Crippen LogP contribution is -2.27. The number of hydrogen-bond acceptors (Lipinski definition) is 6. The van der Waals surface area contributed by atoms with E-state index in [0.717, 1.165) is 0 Å². The Morgan fingerprint density at radius 2 is 2.04 bits per heavy atom. The van der Waals surface area contributed by atoms with E-state index >= 15 is 0 Å². The van der Waals surface area contributed by atoms with Crippen molar-refractivity contribution >= 4 is 34.5 Å². The van der Waals surface area contributed by atoms with Crippen molar-refractivity contribution in [2.75, 3.05) is 25.1 Å². The van der Waals surface area contributed by atoms with Crippen molar-refractivity contribution in [2.45, 2.75) is 6.54 Å². The Bertz CT molecular complexity index is 911. The second-order valence-corrected chi connectivity index (χ2v) is 5.33. The molecule has 0 unspecified atom stereocenters. The summed E-state index contributed by atoms with van der Waals surface area (Å²) in [5, 5.41) is 15.0. The van der Waals surface area contributed by atoms with Crippen LogP contribution in [0.4, 0.5) is 16.4 Å². The zero-order valence-corrected chi connectivity index (χ0v) is 13.2. The number of nitrogens with zero attached hydrogens (tertiary/aromatic N) is 6. The fourth-order valence-corrected chi connectivity index (χ4v) is 2.14. The SMILES string of the molecule is CN(C)C(=O)Nc1cn(CC(=O)n2nc(N)c3ccccc32)nn1. The van der Waals surface area contributed by atoms with Gasteiger partial charge < -0.3 is 10.6 Å². The number of anilines is 2. The van der Waals surface area contributed by atoms with E-state index in [1.54, 1.807) is 32.3 Å². The van der Waals surface area contributed by atoms with E-state index in [9.17, 15) is 9.59 Å². The summed E-state index contributed by atoms with van der Waals surface area (Å²) in [7, 11) is 3.22. The van der Waals surface area contributed by atoms with Gasteiger partial charge >= 0.3 is 6.03 Å². The summed E-state index contributed by atoms with van der Waals surface area (Å²) in [6.07, 6.45) is 1.47. The van der Waals surface area contributed by atoms with Gasteiger partial charge in [0.05, 0.1) is 11.7 Å². The molecule has 0 spiro atoms. The van der Waals surface area contributed by atoms with Gasteiger partial charge in [0.2, 0.25) is 0 Å². The van der Waals surface area contributed by atoms with Crippen LogP contribution in [0.5, 0.6) is 0 Å². The Morgan fingerprint density at radius 1 is 1.29 bits per heavy atom. The number of amides is 2. The highest BCUT2D eigenvalue weighted by Gasteiger charge is 2.15. The Balaban J connectivity index is 1.77. The maximum absolute atomic E-state index is 12.4. The van der Waals surface area contributed by atoms with Crippen LogP contribution in [0.2, 0.25) is 0 Å². The highest BCUT2D eigenvalue weighted by molar-refractivity contribution is 5.96. The van der Waals surface area contributed by atoms with Gasteiger partial charge in [0.25, 0.3) is 5.91 Å². The van der Waals surface area contributed by atoms with E-state index in [1.165, 1.54) is 20.5 Å². The molecule has 10 heteroatoms. The van der Waals surface area contributed by atoms with Gasteiger partial charge in [-0.05, 0) is 12.1 Å². The van der Waals surface area contributed by atoms with Crippen LogP contribution >= 0.6 is 0 Å². The molecule has 0 aliphatic carbocycles. The molecule has 0 atom stereocenters. The van der Waals surface area contributed by atoms with Gasteiger partial charge in [-0.2, -0.15) is 4.68 Å². The third-order valence-electron chi connectivity index (χ3n) is 3.33. The van der Waals surface area contributed by atoms with E-state index < -0.39 is 0 Å². The molecule has 0 aliphatic rings. The van der Waals surface area contributed by atoms with E-state index in [0.29, 0.717) is 10.9 Å². The van der Waals surface area contributed by atoms with E-state index in [2.05, 4.69) is 20.7 Å². The molecule has 0 fully saturated rings. The first-order valence-electron chi connectivity index (χ1n) is 7.10. The van der Waals surface area contributed by atoms with Crippen molar-refractivity contribution in [3.05, 3.63) is 30.5 Å². The second kappa shape index (κ2) is 5.99. The first kappa shape index (κ1) is 15.5. The molecule has 10 nitrogen and oxygen atoms in total. The number of aromatic nitrogens is 5. The molecule has 1 aromatic carbocycles. The third kappa shape index (κ3) is 2.89. The molecular weight excluding hydrogens is 312 g/mol. The number of benzene rings is 1. The average molecular weight is 328 g/mol. The van der Waals surface area contributed by atoms with Crippen LogP contribution < -0.4 is 11.1 Å². The fourth-order valence-electron chi connectivity index (χ4n) is 2.14. The Labute approximate surface area is 136 Å². The molecule has 0 aliphatic heterocycles. The van der Waals surface area contributed by atoms with Gasteiger partial charge in [0.15, 0.2) is 11.6 Å². The van der Waals surface area contributed by atoms with E-state index in [1.807, 2.05) is 6.07 Å². The summed E-state index contributed by atoms with van der Waals surface area (Å²) < 4.78 is 2.56. The maximum atomic E-state index is 12.4. The number of nitrogens with one attached hydrogen (secondary N) is 1. The number of rotatable bonds is 3. The number of carbonyl (C=O) groups excluding carboxylic acids is 2. The molecule has 3 rings (SSSR count). The molecule has 0 saturated heterocycles. The minimum Gasteiger partial charge on any atom is -0.382 e. The van der Waals surface area contributed by atoms with Crippen LogP contribution in [0.3, 0.4) is 0 Å². The highest BCUT2D eigenvalue weighted by Crippen LogP contribution is 2.19. The van der Waals surface area contributed by atoms with Crippen molar-refractivity contribution in [2.24, 2.45) is 0 Å². The number of nitrogens with two attached hydrogens (primary N) is 1. The van der Waals surface area contributed by atoms with Gasteiger partial charge in [0.1, 0.15) is 6.54 Å². The summed E-state index contributed by atoms with van der Waals surface area (Å²) in [6, 6.07) is 6.86. The van der Waals surface area contributed by atoms with Crippen LogP contribution in [0, 0.1) is 0 Å². The lowest BCUT2D eigenvalue weighted by molar-refractivity contribution is 0.0875. The zero-order valence-electron chi connectivity index (χ0n) is 13.2. The number of fused-ring (bicyclic) bond motifs is 1. The van der Waals surface area contributed by atoms with Gasteiger partial charge in [-0.25, -0.2) is 9.48 Å². The van der Waals surface area contributed by atoms with Crippen LogP contribution in [0.15, 0.2) is 30.5 Å². The predicted molar refractivity (Wildman–Crippen MR) is 87.5 cm³/mol.